The van der Waals surface area contributed by atoms with Gasteiger partial charge in [-0.1, -0.05) is 54.6 Å². The van der Waals surface area contributed by atoms with Gasteiger partial charge in [0.25, 0.3) is 0 Å². The number of benzene rings is 2. The van der Waals surface area contributed by atoms with E-state index in [1.807, 2.05) is 42.5 Å². The number of Topliss-reactive ketones (excluding diaryl/α,β-unsaturated/α-hetero) is 1. The summed E-state index contributed by atoms with van der Waals surface area (Å²) in [6, 6.07) is 18.1. The van der Waals surface area contributed by atoms with Crippen LogP contribution in [-0.2, 0) is 4.74 Å². The first kappa shape index (κ1) is 13.3. The van der Waals surface area contributed by atoms with Gasteiger partial charge in [-0.05, 0) is 11.1 Å². The molecule has 0 N–H and O–H groups in total. The van der Waals surface area contributed by atoms with Crippen LogP contribution in [0.2, 0.25) is 0 Å². The molecule has 0 saturated carbocycles. The van der Waals surface area contributed by atoms with E-state index in [4.69, 9.17) is 4.74 Å². The van der Waals surface area contributed by atoms with Crippen LogP contribution in [0.1, 0.15) is 21.5 Å². The lowest BCUT2D eigenvalue weighted by molar-refractivity contribution is 0.0514. The topological polar surface area (TPSA) is 29.5 Å². The van der Waals surface area contributed by atoms with E-state index in [9.17, 15) is 4.79 Å². The van der Waals surface area contributed by atoms with Crippen LogP contribution in [0.3, 0.4) is 0 Å². The summed E-state index contributed by atoms with van der Waals surface area (Å²) < 4.78 is 5.44. The quantitative estimate of drug-likeness (QED) is 0.852. The highest BCUT2D eigenvalue weighted by Crippen LogP contribution is 2.38. The molecule has 110 valence electrons. The van der Waals surface area contributed by atoms with Crippen LogP contribution >= 0.6 is 0 Å². The number of rotatable bonds is 2. The van der Waals surface area contributed by atoms with E-state index in [2.05, 4.69) is 17.0 Å². The van der Waals surface area contributed by atoms with E-state index >= 15 is 0 Å². The molecule has 3 nitrogen and oxygen atoms in total. The summed E-state index contributed by atoms with van der Waals surface area (Å²) in [5.74, 6) is 0.136. The Kier molecular flexibility index (Phi) is 3.28. The Labute approximate surface area is 129 Å². The van der Waals surface area contributed by atoms with Gasteiger partial charge in [-0.2, -0.15) is 0 Å². The fourth-order valence-corrected chi connectivity index (χ4v) is 3.25. The summed E-state index contributed by atoms with van der Waals surface area (Å²) in [7, 11) is 0. The summed E-state index contributed by atoms with van der Waals surface area (Å²) >= 11 is 0. The van der Waals surface area contributed by atoms with Crippen molar-refractivity contribution in [2.75, 3.05) is 26.3 Å². The molecule has 3 heteroatoms. The predicted molar refractivity (Wildman–Crippen MR) is 85.6 cm³/mol. The lowest BCUT2D eigenvalue weighted by Crippen LogP contribution is -2.37. The SMILES string of the molecule is O=C1C(N2CCOCC2)=C(c2ccccc2)c2ccccc21. The summed E-state index contributed by atoms with van der Waals surface area (Å²) in [5.41, 5.74) is 4.84. The number of allylic oxidation sites excluding steroid dienone is 1. The Bertz CT molecular complexity index is 743. The van der Waals surface area contributed by atoms with Crippen LogP contribution in [0.4, 0.5) is 0 Å². The molecule has 2 aliphatic rings. The van der Waals surface area contributed by atoms with Gasteiger partial charge in [0.2, 0.25) is 5.78 Å². The number of nitrogens with zero attached hydrogens (tertiary/aromatic N) is 1. The lowest BCUT2D eigenvalue weighted by Gasteiger charge is -2.30. The molecule has 0 unspecified atom stereocenters. The highest BCUT2D eigenvalue weighted by Gasteiger charge is 2.33. The number of carbonyl (C=O) groups excluding carboxylic acids is 1. The molecule has 0 amide bonds. The van der Waals surface area contributed by atoms with Gasteiger partial charge >= 0.3 is 0 Å². The zero-order chi connectivity index (χ0) is 14.9. The molecular formula is C19H17NO2. The molecule has 2 aromatic carbocycles. The fraction of sp³-hybridized carbons (Fsp3) is 0.211. The predicted octanol–water partition coefficient (Wildman–Crippen LogP) is 2.97. The van der Waals surface area contributed by atoms with E-state index in [1.165, 1.54) is 0 Å². The molecule has 0 bridgehead atoms. The average Bonchev–Trinajstić information content (AvgIpc) is 2.90. The van der Waals surface area contributed by atoms with Crippen LogP contribution < -0.4 is 0 Å². The van der Waals surface area contributed by atoms with Gasteiger partial charge < -0.3 is 9.64 Å². The van der Waals surface area contributed by atoms with Crippen molar-refractivity contribution in [2.45, 2.75) is 0 Å². The summed E-state index contributed by atoms with van der Waals surface area (Å²) in [4.78, 5) is 15.1. The number of morpholine rings is 1. The Hall–Kier alpha value is -2.39. The molecule has 1 aliphatic carbocycles. The van der Waals surface area contributed by atoms with E-state index in [-0.39, 0.29) is 5.78 Å². The van der Waals surface area contributed by atoms with E-state index in [1.54, 1.807) is 0 Å². The molecule has 1 heterocycles. The molecule has 0 atom stereocenters. The van der Waals surface area contributed by atoms with E-state index in [0.717, 1.165) is 41.1 Å². The van der Waals surface area contributed by atoms with Gasteiger partial charge in [-0.3, -0.25) is 4.79 Å². The average molecular weight is 291 g/mol. The van der Waals surface area contributed by atoms with Gasteiger partial charge in [0.05, 0.1) is 18.9 Å². The molecule has 1 saturated heterocycles. The molecule has 2 aromatic rings. The Morgan fingerprint density at radius 3 is 2.18 bits per heavy atom. The summed E-state index contributed by atoms with van der Waals surface area (Å²) in [6.45, 7) is 2.89. The van der Waals surface area contributed by atoms with Crippen LogP contribution in [0.25, 0.3) is 5.57 Å². The second kappa shape index (κ2) is 5.43. The van der Waals surface area contributed by atoms with E-state index < -0.39 is 0 Å². The Morgan fingerprint density at radius 1 is 0.818 bits per heavy atom. The third kappa shape index (κ3) is 2.06. The zero-order valence-corrected chi connectivity index (χ0v) is 12.3. The Morgan fingerprint density at radius 2 is 1.45 bits per heavy atom. The molecule has 0 radical (unpaired) electrons. The number of ether oxygens (including phenoxy) is 1. The lowest BCUT2D eigenvalue weighted by atomic mass is 9.99. The first-order valence-corrected chi connectivity index (χ1v) is 7.63. The standard InChI is InChI=1S/C19H17NO2/c21-19-16-9-5-4-8-15(16)17(14-6-2-1-3-7-14)18(19)20-10-12-22-13-11-20/h1-9H,10-13H2. The first-order chi connectivity index (χ1) is 10.9. The first-order valence-electron chi connectivity index (χ1n) is 7.63. The van der Waals surface area contributed by atoms with Gasteiger partial charge in [0.1, 0.15) is 0 Å². The minimum absolute atomic E-state index is 0.136. The van der Waals surface area contributed by atoms with Crippen LogP contribution in [0, 0.1) is 0 Å². The van der Waals surface area contributed by atoms with Crippen molar-refractivity contribution in [3.05, 3.63) is 77.0 Å². The molecule has 1 fully saturated rings. The largest absolute Gasteiger partial charge is 0.378 e. The number of carbonyl (C=O) groups is 1. The van der Waals surface area contributed by atoms with Crippen LogP contribution in [0.15, 0.2) is 60.3 Å². The van der Waals surface area contributed by atoms with Crippen molar-refractivity contribution in [2.24, 2.45) is 0 Å². The van der Waals surface area contributed by atoms with Gasteiger partial charge in [0.15, 0.2) is 0 Å². The van der Waals surface area contributed by atoms with Crippen LogP contribution in [-0.4, -0.2) is 37.0 Å². The Balaban J connectivity index is 1.91. The molecule has 4 rings (SSSR count). The number of hydrogen-bond acceptors (Lipinski definition) is 3. The third-order valence-electron chi connectivity index (χ3n) is 4.28. The van der Waals surface area contributed by atoms with Gasteiger partial charge in [-0.25, -0.2) is 0 Å². The van der Waals surface area contributed by atoms with Crippen molar-refractivity contribution in [3.63, 3.8) is 0 Å². The monoisotopic (exact) mass is 291 g/mol. The van der Waals surface area contributed by atoms with E-state index in [0.29, 0.717) is 13.2 Å². The second-order valence-electron chi connectivity index (χ2n) is 5.56. The third-order valence-corrected chi connectivity index (χ3v) is 4.28. The zero-order valence-electron chi connectivity index (χ0n) is 12.3. The molecule has 22 heavy (non-hydrogen) atoms. The maximum atomic E-state index is 12.9. The number of fused-ring (bicyclic) bond motifs is 1. The molecule has 0 aromatic heterocycles. The minimum atomic E-state index is 0.136. The summed E-state index contributed by atoms with van der Waals surface area (Å²) in [5, 5.41) is 0. The fourth-order valence-electron chi connectivity index (χ4n) is 3.25. The van der Waals surface area contributed by atoms with Gasteiger partial charge in [0, 0.05) is 24.2 Å². The summed E-state index contributed by atoms with van der Waals surface area (Å²) in [6.07, 6.45) is 0. The number of ketones is 1. The molecular weight excluding hydrogens is 274 g/mol. The van der Waals surface area contributed by atoms with Crippen molar-refractivity contribution in [1.82, 2.24) is 4.90 Å². The number of hydrogen-bond donors (Lipinski definition) is 0. The maximum absolute atomic E-state index is 12.9. The van der Waals surface area contributed by atoms with Crippen molar-refractivity contribution < 1.29 is 9.53 Å². The molecule has 1 aliphatic heterocycles. The second-order valence-corrected chi connectivity index (χ2v) is 5.56. The highest BCUT2D eigenvalue weighted by atomic mass is 16.5. The van der Waals surface area contributed by atoms with Crippen molar-refractivity contribution in [3.8, 4) is 0 Å². The van der Waals surface area contributed by atoms with Crippen molar-refractivity contribution in [1.29, 1.82) is 0 Å². The molecule has 0 spiro atoms. The highest BCUT2D eigenvalue weighted by molar-refractivity contribution is 6.22. The van der Waals surface area contributed by atoms with Gasteiger partial charge in [-0.15, -0.1) is 0 Å². The normalized spacial score (nSPS) is 17.8. The van der Waals surface area contributed by atoms with Crippen molar-refractivity contribution >= 4 is 11.4 Å². The minimum Gasteiger partial charge on any atom is -0.378 e. The van der Waals surface area contributed by atoms with Crippen LogP contribution in [0.5, 0.6) is 0 Å². The maximum Gasteiger partial charge on any atom is 0.210 e. The smallest absolute Gasteiger partial charge is 0.210 e.